The summed E-state index contributed by atoms with van der Waals surface area (Å²) in [6, 6.07) is 24.3. The highest BCUT2D eigenvalue weighted by Crippen LogP contribution is 2.24. The van der Waals surface area contributed by atoms with Crippen molar-refractivity contribution in [1.82, 2.24) is 15.1 Å². The first kappa shape index (κ1) is 24.0. The zero-order valence-corrected chi connectivity index (χ0v) is 20.2. The molecule has 0 aromatic heterocycles. The fourth-order valence-electron chi connectivity index (χ4n) is 5.05. The fraction of sp³-hybridized carbons (Fsp3) is 0.379. The molecule has 178 valence electrons. The Kier molecular flexibility index (Phi) is 7.96. The quantitative estimate of drug-likeness (QED) is 0.516. The summed E-state index contributed by atoms with van der Waals surface area (Å²) < 4.78 is 0. The number of carbonyl (C=O) groups is 2. The SMILES string of the molecule is CCCN(CC(=O)NC(C)c1cccc2ccccc12)C1CCN(C(=O)c2ccccc2)CC1. The van der Waals surface area contributed by atoms with Gasteiger partial charge in [-0.25, -0.2) is 0 Å². The minimum Gasteiger partial charge on any atom is -0.348 e. The Balaban J connectivity index is 1.35. The average Bonchev–Trinajstić information content (AvgIpc) is 2.88. The van der Waals surface area contributed by atoms with Crippen molar-refractivity contribution in [2.45, 2.75) is 45.2 Å². The lowest BCUT2D eigenvalue weighted by Crippen LogP contribution is -2.49. The van der Waals surface area contributed by atoms with Crippen LogP contribution in [0.2, 0.25) is 0 Å². The largest absolute Gasteiger partial charge is 0.348 e. The molecule has 0 bridgehead atoms. The summed E-state index contributed by atoms with van der Waals surface area (Å²) in [4.78, 5) is 30.1. The van der Waals surface area contributed by atoms with Crippen LogP contribution in [0.5, 0.6) is 0 Å². The third kappa shape index (κ3) is 5.65. The van der Waals surface area contributed by atoms with Crippen LogP contribution in [-0.4, -0.2) is 53.8 Å². The van der Waals surface area contributed by atoms with Crippen molar-refractivity contribution < 1.29 is 9.59 Å². The molecule has 1 atom stereocenters. The van der Waals surface area contributed by atoms with Gasteiger partial charge in [-0.15, -0.1) is 0 Å². The van der Waals surface area contributed by atoms with Gasteiger partial charge in [0.05, 0.1) is 12.6 Å². The first-order valence-corrected chi connectivity index (χ1v) is 12.4. The van der Waals surface area contributed by atoms with E-state index in [2.05, 4.69) is 48.3 Å². The summed E-state index contributed by atoms with van der Waals surface area (Å²) in [6.45, 7) is 6.93. The second kappa shape index (κ2) is 11.3. The maximum Gasteiger partial charge on any atom is 0.253 e. The van der Waals surface area contributed by atoms with Crippen LogP contribution in [0.4, 0.5) is 0 Å². The number of amides is 2. The van der Waals surface area contributed by atoms with Crippen LogP contribution >= 0.6 is 0 Å². The highest BCUT2D eigenvalue weighted by Gasteiger charge is 2.28. The predicted octanol–water partition coefficient (Wildman–Crippen LogP) is 5.03. The molecule has 3 aromatic rings. The maximum atomic E-state index is 13.0. The van der Waals surface area contributed by atoms with E-state index in [4.69, 9.17) is 0 Å². The molecule has 1 N–H and O–H groups in total. The van der Waals surface area contributed by atoms with E-state index in [-0.39, 0.29) is 17.9 Å². The third-order valence-corrected chi connectivity index (χ3v) is 6.81. The molecule has 0 aliphatic carbocycles. The minimum atomic E-state index is -0.0626. The van der Waals surface area contributed by atoms with Gasteiger partial charge in [-0.1, -0.05) is 67.6 Å². The second-order valence-electron chi connectivity index (χ2n) is 9.22. The summed E-state index contributed by atoms with van der Waals surface area (Å²) in [5.74, 6) is 0.152. The van der Waals surface area contributed by atoms with Gasteiger partial charge in [0, 0.05) is 24.7 Å². The first-order chi connectivity index (χ1) is 16.6. The van der Waals surface area contributed by atoms with Crippen molar-refractivity contribution in [1.29, 1.82) is 0 Å². The fourth-order valence-corrected chi connectivity index (χ4v) is 5.05. The normalized spacial score (nSPS) is 15.4. The van der Waals surface area contributed by atoms with Crippen LogP contribution in [0.1, 0.15) is 55.1 Å². The molecule has 1 aliphatic rings. The van der Waals surface area contributed by atoms with Crippen LogP contribution in [-0.2, 0) is 4.79 Å². The average molecular weight is 458 g/mol. The molecule has 0 saturated carbocycles. The van der Waals surface area contributed by atoms with Crippen molar-refractivity contribution in [3.8, 4) is 0 Å². The van der Waals surface area contributed by atoms with Gasteiger partial charge >= 0.3 is 0 Å². The van der Waals surface area contributed by atoms with Crippen LogP contribution in [0.15, 0.2) is 72.8 Å². The molecule has 1 saturated heterocycles. The van der Waals surface area contributed by atoms with Gasteiger partial charge in [-0.2, -0.15) is 0 Å². The first-order valence-electron chi connectivity index (χ1n) is 12.4. The maximum absolute atomic E-state index is 13.0. The van der Waals surface area contributed by atoms with Crippen LogP contribution in [0.25, 0.3) is 10.8 Å². The number of hydrogen-bond acceptors (Lipinski definition) is 3. The number of benzene rings is 3. The molecule has 1 heterocycles. The number of hydrogen-bond donors (Lipinski definition) is 1. The van der Waals surface area contributed by atoms with Crippen molar-refractivity contribution >= 4 is 22.6 Å². The molecule has 1 aliphatic heterocycles. The lowest BCUT2D eigenvalue weighted by Gasteiger charge is -2.38. The van der Waals surface area contributed by atoms with Gasteiger partial charge in [0.25, 0.3) is 5.91 Å². The molecular formula is C29H35N3O2. The molecule has 3 aromatic carbocycles. The molecule has 4 rings (SSSR count). The highest BCUT2D eigenvalue weighted by molar-refractivity contribution is 5.94. The predicted molar refractivity (Wildman–Crippen MR) is 138 cm³/mol. The number of likely N-dealkylation sites (tertiary alicyclic amines) is 1. The molecule has 2 amide bonds. The summed E-state index contributed by atoms with van der Waals surface area (Å²) in [5.41, 5.74) is 1.88. The van der Waals surface area contributed by atoms with E-state index in [1.54, 1.807) is 0 Å². The smallest absolute Gasteiger partial charge is 0.253 e. The monoisotopic (exact) mass is 457 g/mol. The van der Waals surface area contributed by atoms with Crippen LogP contribution in [0.3, 0.4) is 0 Å². The molecule has 5 nitrogen and oxygen atoms in total. The summed E-state index contributed by atoms with van der Waals surface area (Å²) in [6.07, 6.45) is 2.78. The molecular weight excluding hydrogens is 422 g/mol. The van der Waals surface area contributed by atoms with Crippen molar-refractivity contribution in [2.24, 2.45) is 0 Å². The zero-order chi connectivity index (χ0) is 23.9. The van der Waals surface area contributed by atoms with Crippen LogP contribution in [0, 0.1) is 0 Å². The molecule has 1 unspecified atom stereocenters. The minimum absolute atomic E-state index is 0.0525. The number of carbonyl (C=O) groups excluding carboxylic acids is 2. The number of nitrogens with one attached hydrogen (secondary N) is 1. The summed E-state index contributed by atoms with van der Waals surface area (Å²) in [7, 11) is 0. The van der Waals surface area contributed by atoms with E-state index in [1.807, 2.05) is 53.4 Å². The van der Waals surface area contributed by atoms with Gasteiger partial charge in [-0.05, 0) is 61.2 Å². The van der Waals surface area contributed by atoms with E-state index in [1.165, 1.54) is 10.8 Å². The van der Waals surface area contributed by atoms with Gasteiger partial charge in [0.2, 0.25) is 5.91 Å². The van der Waals surface area contributed by atoms with Gasteiger partial charge < -0.3 is 10.2 Å². The molecule has 34 heavy (non-hydrogen) atoms. The second-order valence-corrected chi connectivity index (χ2v) is 9.22. The van der Waals surface area contributed by atoms with E-state index >= 15 is 0 Å². The Hall–Kier alpha value is -3.18. The number of rotatable bonds is 8. The Morgan fingerprint density at radius 1 is 0.971 bits per heavy atom. The highest BCUT2D eigenvalue weighted by atomic mass is 16.2. The Bertz CT molecular complexity index is 1100. The standard InChI is InChI=1S/C29H35N3O2/c1-3-18-32(25-16-19-31(20-17-25)29(34)24-11-5-4-6-12-24)21-28(33)30-22(2)26-15-9-13-23-10-7-8-14-27(23)26/h4-15,22,25H,3,16-21H2,1-2H3,(H,30,33). The van der Waals surface area contributed by atoms with E-state index in [9.17, 15) is 9.59 Å². The number of nitrogens with zero attached hydrogens (tertiary/aromatic N) is 2. The lowest BCUT2D eigenvalue weighted by atomic mass is 9.99. The Labute approximate surface area is 202 Å². The molecule has 5 heteroatoms. The van der Waals surface area contributed by atoms with Gasteiger partial charge in [0.1, 0.15) is 0 Å². The van der Waals surface area contributed by atoms with Crippen molar-refractivity contribution in [3.05, 3.63) is 83.9 Å². The van der Waals surface area contributed by atoms with Gasteiger partial charge in [-0.3, -0.25) is 14.5 Å². The third-order valence-electron chi connectivity index (χ3n) is 6.81. The van der Waals surface area contributed by atoms with E-state index in [0.717, 1.165) is 50.0 Å². The Morgan fingerprint density at radius 2 is 1.65 bits per heavy atom. The van der Waals surface area contributed by atoms with E-state index < -0.39 is 0 Å². The summed E-state index contributed by atoms with van der Waals surface area (Å²) in [5, 5.41) is 5.58. The van der Waals surface area contributed by atoms with Crippen LogP contribution < -0.4 is 5.32 Å². The van der Waals surface area contributed by atoms with Crippen molar-refractivity contribution in [3.63, 3.8) is 0 Å². The van der Waals surface area contributed by atoms with Gasteiger partial charge in [0.15, 0.2) is 0 Å². The molecule has 1 fully saturated rings. The number of piperidine rings is 1. The zero-order valence-electron chi connectivity index (χ0n) is 20.2. The summed E-state index contributed by atoms with van der Waals surface area (Å²) >= 11 is 0. The molecule has 0 spiro atoms. The Morgan fingerprint density at radius 3 is 2.38 bits per heavy atom. The lowest BCUT2D eigenvalue weighted by molar-refractivity contribution is -0.123. The topological polar surface area (TPSA) is 52.7 Å². The van der Waals surface area contributed by atoms with Crippen molar-refractivity contribution in [2.75, 3.05) is 26.2 Å². The molecule has 0 radical (unpaired) electrons. The van der Waals surface area contributed by atoms with E-state index in [0.29, 0.717) is 12.6 Å². The number of fused-ring (bicyclic) bond motifs is 1.